The molecule has 158 valence electrons. The van der Waals surface area contributed by atoms with Crippen LogP contribution in [0.15, 0.2) is 35.7 Å². The zero-order valence-corrected chi connectivity index (χ0v) is 19.2. The topological polar surface area (TPSA) is 64.7 Å². The highest BCUT2D eigenvalue weighted by molar-refractivity contribution is 7.12. The lowest BCUT2D eigenvalue weighted by atomic mass is 10.1. The summed E-state index contributed by atoms with van der Waals surface area (Å²) in [6, 6.07) is 9.38. The van der Waals surface area contributed by atoms with Gasteiger partial charge in [-0.1, -0.05) is 6.07 Å². The van der Waals surface area contributed by atoms with Crippen LogP contribution in [-0.4, -0.2) is 42.5 Å². The average Bonchev–Trinajstić information content (AvgIpc) is 3.12. The molecule has 2 N–H and O–H groups in total. The van der Waals surface area contributed by atoms with Gasteiger partial charge in [-0.15, -0.1) is 11.3 Å². The fraction of sp³-hybridized carbons (Fsp3) is 0.455. The number of amides is 3. The predicted molar refractivity (Wildman–Crippen MR) is 122 cm³/mol. The van der Waals surface area contributed by atoms with Crippen molar-refractivity contribution in [2.75, 3.05) is 24.3 Å². The summed E-state index contributed by atoms with van der Waals surface area (Å²) < 4.78 is 0. The number of nitrogens with one attached hydrogen (secondary N) is 2. The molecule has 0 saturated heterocycles. The van der Waals surface area contributed by atoms with Gasteiger partial charge < -0.3 is 20.4 Å². The van der Waals surface area contributed by atoms with Gasteiger partial charge in [0.2, 0.25) is 0 Å². The zero-order chi connectivity index (χ0) is 21.8. The molecule has 1 aromatic heterocycles. The summed E-state index contributed by atoms with van der Waals surface area (Å²) in [5.74, 6) is -0.130. The maximum absolute atomic E-state index is 12.8. The van der Waals surface area contributed by atoms with Crippen molar-refractivity contribution in [1.82, 2.24) is 10.2 Å². The van der Waals surface area contributed by atoms with Crippen LogP contribution < -0.4 is 15.5 Å². The Morgan fingerprint density at radius 1 is 1.14 bits per heavy atom. The molecule has 0 aliphatic rings. The van der Waals surface area contributed by atoms with Gasteiger partial charge in [0.15, 0.2) is 0 Å². The van der Waals surface area contributed by atoms with Gasteiger partial charge in [0.1, 0.15) is 0 Å². The summed E-state index contributed by atoms with van der Waals surface area (Å²) in [6.07, 6.45) is 0. The molecule has 0 atom stereocenters. The standard InChI is InChI=1S/C22H32N4O2S/c1-15(2)26(21(28)24-22(3,4)5)14-16-13-17(10-11-18(16)25(6)7)23-20(27)19-9-8-12-29-19/h8-13,15H,14H2,1-7H3,(H,23,27)(H,24,28). The molecular formula is C22H32N4O2S. The van der Waals surface area contributed by atoms with Crippen molar-refractivity contribution in [2.24, 2.45) is 0 Å². The molecule has 0 spiro atoms. The number of carbonyl (C=O) groups is 2. The molecule has 1 heterocycles. The minimum atomic E-state index is -0.314. The molecule has 0 aliphatic heterocycles. The lowest BCUT2D eigenvalue weighted by Gasteiger charge is -2.32. The summed E-state index contributed by atoms with van der Waals surface area (Å²) >= 11 is 1.40. The van der Waals surface area contributed by atoms with Gasteiger partial charge in [0, 0.05) is 43.6 Å². The first kappa shape index (κ1) is 22.7. The Morgan fingerprint density at radius 3 is 2.34 bits per heavy atom. The highest BCUT2D eigenvalue weighted by Crippen LogP contribution is 2.26. The maximum Gasteiger partial charge on any atom is 0.318 e. The van der Waals surface area contributed by atoms with Crippen molar-refractivity contribution in [3.8, 4) is 0 Å². The van der Waals surface area contributed by atoms with E-state index in [1.807, 2.05) is 83.3 Å². The van der Waals surface area contributed by atoms with Crippen LogP contribution in [0.4, 0.5) is 16.2 Å². The van der Waals surface area contributed by atoms with Gasteiger partial charge >= 0.3 is 6.03 Å². The molecule has 1 aromatic carbocycles. The summed E-state index contributed by atoms with van der Waals surface area (Å²) in [5, 5.41) is 7.87. The SMILES string of the molecule is CC(C)N(Cc1cc(NC(=O)c2cccs2)ccc1N(C)C)C(=O)NC(C)(C)C. The molecule has 7 heteroatoms. The first-order valence-electron chi connectivity index (χ1n) is 9.72. The summed E-state index contributed by atoms with van der Waals surface area (Å²) in [6.45, 7) is 10.3. The van der Waals surface area contributed by atoms with Crippen molar-refractivity contribution >= 4 is 34.6 Å². The van der Waals surface area contributed by atoms with E-state index in [0.717, 1.165) is 11.3 Å². The number of hydrogen-bond acceptors (Lipinski definition) is 4. The van der Waals surface area contributed by atoms with Crippen LogP contribution in [0, 0.1) is 0 Å². The van der Waals surface area contributed by atoms with E-state index in [2.05, 4.69) is 10.6 Å². The van der Waals surface area contributed by atoms with Crippen molar-refractivity contribution in [3.05, 3.63) is 46.2 Å². The van der Waals surface area contributed by atoms with Crippen molar-refractivity contribution in [1.29, 1.82) is 0 Å². The minimum Gasteiger partial charge on any atom is -0.377 e. The highest BCUT2D eigenvalue weighted by Gasteiger charge is 2.23. The summed E-state index contributed by atoms with van der Waals surface area (Å²) in [7, 11) is 3.94. The monoisotopic (exact) mass is 416 g/mol. The van der Waals surface area contributed by atoms with Crippen LogP contribution in [0.1, 0.15) is 49.9 Å². The van der Waals surface area contributed by atoms with Crippen LogP contribution in [0.25, 0.3) is 0 Å². The number of urea groups is 1. The van der Waals surface area contributed by atoms with E-state index in [9.17, 15) is 9.59 Å². The average molecular weight is 417 g/mol. The Labute approximate surface area is 177 Å². The number of rotatable bonds is 6. The number of nitrogens with zero attached hydrogens (tertiary/aromatic N) is 2. The third-order valence-corrected chi connectivity index (χ3v) is 5.14. The van der Waals surface area contributed by atoms with Gasteiger partial charge in [-0.25, -0.2) is 4.79 Å². The lowest BCUT2D eigenvalue weighted by Crippen LogP contribution is -2.50. The lowest BCUT2D eigenvalue weighted by molar-refractivity contribution is 0.103. The maximum atomic E-state index is 12.8. The van der Waals surface area contributed by atoms with E-state index in [0.29, 0.717) is 17.1 Å². The molecule has 3 amide bonds. The molecule has 2 rings (SSSR count). The second-order valence-corrected chi connectivity index (χ2v) is 9.52. The quantitative estimate of drug-likeness (QED) is 0.712. The first-order chi connectivity index (χ1) is 13.5. The second-order valence-electron chi connectivity index (χ2n) is 8.57. The summed E-state index contributed by atoms with van der Waals surface area (Å²) in [4.78, 5) is 29.7. The largest absolute Gasteiger partial charge is 0.377 e. The van der Waals surface area contributed by atoms with Gasteiger partial charge in [-0.2, -0.15) is 0 Å². The van der Waals surface area contributed by atoms with E-state index >= 15 is 0 Å². The van der Waals surface area contributed by atoms with Crippen molar-refractivity contribution in [3.63, 3.8) is 0 Å². The number of benzene rings is 1. The van der Waals surface area contributed by atoms with E-state index < -0.39 is 0 Å². The Hall–Kier alpha value is -2.54. The van der Waals surface area contributed by atoms with Gasteiger partial charge in [-0.3, -0.25) is 4.79 Å². The zero-order valence-electron chi connectivity index (χ0n) is 18.4. The van der Waals surface area contributed by atoms with Gasteiger partial charge in [-0.05, 0) is 69.8 Å². The second kappa shape index (κ2) is 9.31. The normalized spacial score (nSPS) is 11.3. The molecule has 6 nitrogen and oxygen atoms in total. The molecular weight excluding hydrogens is 384 g/mol. The van der Waals surface area contributed by atoms with E-state index in [4.69, 9.17) is 0 Å². The van der Waals surface area contributed by atoms with Crippen LogP contribution in [0.2, 0.25) is 0 Å². The fourth-order valence-electron chi connectivity index (χ4n) is 2.89. The highest BCUT2D eigenvalue weighted by atomic mass is 32.1. The Balaban J connectivity index is 2.30. The Kier molecular flexibility index (Phi) is 7.30. The molecule has 0 aliphatic carbocycles. The Bertz CT molecular complexity index is 839. The smallest absolute Gasteiger partial charge is 0.318 e. The fourth-order valence-corrected chi connectivity index (χ4v) is 3.51. The molecule has 0 unspecified atom stereocenters. The predicted octanol–water partition coefficient (Wildman–Crippen LogP) is 4.78. The van der Waals surface area contributed by atoms with E-state index in [1.165, 1.54) is 11.3 Å². The molecule has 0 saturated carbocycles. The first-order valence-corrected chi connectivity index (χ1v) is 10.6. The number of carbonyl (C=O) groups excluding carboxylic acids is 2. The van der Waals surface area contributed by atoms with Crippen LogP contribution >= 0.6 is 11.3 Å². The molecule has 2 aromatic rings. The molecule has 29 heavy (non-hydrogen) atoms. The van der Waals surface area contributed by atoms with Gasteiger partial charge in [0.25, 0.3) is 5.91 Å². The van der Waals surface area contributed by atoms with Crippen molar-refractivity contribution in [2.45, 2.75) is 52.7 Å². The molecule has 0 fully saturated rings. The van der Waals surface area contributed by atoms with E-state index in [-0.39, 0.29) is 23.5 Å². The summed E-state index contributed by atoms with van der Waals surface area (Å²) in [5.41, 5.74) is 2.37. The molecule has 0 bridgehead atoms. The Morgan fingerprint density at radius 2 is 1.83 bits per heavy atom. The number of thiophene rings is 1. The van der Waals surface area contributed by atoms with Crippen LogP contribution in [0.3, 0.4) is 0 Å². The van der Waals surface area contributed by atoms with Crippen LogP contribution in [0.5, 0.6) is 0 Å². The van der Waals surface area contributed by atoms with Crippen LogP contribution in [-0.2, 0) is 6.54 Å². The van der Waals surface area contributed by atoms with Crippen molar-refractivity contribution < 1.29 is 9.59 Å². The molecule has 0 radical (unpaired) electrons. The third-order valence-electron chi connectivity index (χ3n) is 4.27. The van der Waals surface area contributed by atoms with E-state index in [1.54, 1.807) is 11.0 Å². The third kappa shape index (κ3) is 6.49. The number of anilines is 2. The van der Waals surface area contributed by atoms with Gasteiger partial charge in [0.05, 0.1) is 4.88 Å². The number of hydrogen-bond donors (Lipinski definition) is 2. The minimum absolute atomic E-state index is 0.0247.